The van der Waals surface area contributed by atoms with Crippen molar-refractivity contribution in [2.45, 2.75) is 5.41 Å². The Bertz CT molecular complexity index is 3210. The number of nitrogens with zero attached hydrogens (tertiary/aromatic N) is 2. The van der Waals surface area contributed by atoms with E-state index >= 15 is 0 Å². The molecule has 260 valence electrons. The average molecular weight is 713 g/mol. The highest BCUT2D eigenvalue weighted by molar-refractivity contribution is 6.06. The lowest BCUT2D eigenvalue weighted by Crippen LogP contribution is -2.26. The van der Waals surface area contributed by atoms with Gasteiger partial charge in [0, 0.05) is 27.6 Å². The molecule has 1 atom stereocenters. The minimum atomic E-state index is -0.655. The molecule has 0 saturated heterocycles. The number of fused-ring (bicyclic) bond motifs is 13. The van der Waals surface area contributed by atoms with Gasteiger partial charge in [0.1, 0.15) is 16.8 Å². The van der Waals surface area contributed by atoms with Crippen molar-refractivity contribution in [3.05, 3.63) is 217 Å². The Kier molecular flexibility index (Phi) is 6.55. The smallest absolute Gasteiger partial charge is 0.160 e. The van der Waals surface area contributed by atoms with Crippen molar-refractivity contribution in [3.8, 4) is 67.3 Å². The summed E-state index contributed by atoms with van der Waals surface area (Å²) in [6.07, 6.45) is 0. The van der Waals surface area contributed by atoms with Gasteiger partial charge in [0.2, 0.25) is 0 Å². The third-order valence-electron chi connectivity index (χ3n) is 11.9. The van der Waals surface area contributed by atoms with E-state index in [1.807, 2.05) is 18.2 Å². The van der Waals surface area contributed by atoms with E-state index in [-0.39, 0.29) is 0 Å². The zero-order valence-corrected chi connectivity index (χ0v) is 30.3. The fraction of sp³-hybridized carbons (Fsp3) is 0.0189. The van der Waals surface area contributed by atoms with Crippen LogP contribution in [0.5, 0.6) is 0 Å². The maximum absolute atomic E-state index is 7.09. The van der Waals surface area contributed by atoms with Gasteiger partial charge in [0.05, 0.1) is 11.4 Å². The van der Waals surface area contributed by atoms with Gasteiger partial charge in [-0.2, -0.15) is 0 Å². The van der Waals surface area contributed by atoms with E-state index in [0.29, 0.717) is 5.82 Å². The summed E-state index contributed by atoms with van der Waals surface area (Å²) >= 11 is 0. The summed E-state index contributed by atoms with van der Waals surface area (Å²) in [5.74, 6) is 1.68. The number of benzene rings is 8. The molecule has 10 aromatic rings. The van der Waals surface area contributed by atoms with Crippen LogP contribution in [0, 0.1) is 0 Å². The molecule has 2 aliphatic carbocycles. The Labute approximate surface area is 324 Å². The molecular weight excluding hydrogens is 681 g/mol. The molecule has 0 N–H and O–H groups in total. The summed E-state index contributed by atoms with van der Waals surface area (Å²) in [4.78, 5) is 10.5. The highest BCUT2D eigenvalue weighted by Gasteiger charge is 2.56. The fourth-order valence-electron chi connectivity index (χ4n) is 9.57. The number of rotatable bonds is 4. The normalized spacial score (nSPS) is 14.9. The topological polar surface area (TPSA) is 38.9 Å². The van der Waals surface area contributed by atoms with Crippen molar-refractivity contribution < 1.29 is 4.42 Å². The van der Waals surface area contributed by atoms with Crippen molar-refractivity contribution >= 4 is 21.7 Å². The lowest BCUT2D eigenvalue weighted by Gasteiger charge is -2.30. The largest absolute Gasteiger partial charge is 0.459 e. The van der Waals surface area contributed by atoms with Gasteiger partial charge >= 0.3 is 0 Å². The molecule has 1 spiro atoms. The van der Waals surface area contributed by atoms with Crippen LogP contribution in [0.4, 0.5) is 0 Å². The molecule has 3 nitrogen and oxygen atoms in total. The zero-order valence-electron chi connectivity index (χ0n) is 30.3. The van der Waals surface area contributed by atoms with Crippen LogP contribution in [0.1, 0.15) is 22.5 Å². The van der Waals surface area contributed by atoms with E-state index in [1.54, 1.807) is 0 Å². The van der Waals surface area contributed by atoms with Gasteiger partial charge in [0.25, 0.3) is 0 Å². The standard InChI is InChI=1S/C53H32N2O/c1-2-16-34(17-3-1)52-54-46(36-30-29-33-15-4-5-18-35(33)31-36)32-47(55-52)39-21-7-6-19-37(39)40-24-14-25-41-38-20-8-11-26-44(38)53(50(40)41)45-27-12-9-22-42(45)49-43-23-10-13-28-48(43)56-51(49)53/h1-32H. The predicted octanol–water partition coefficient (Wildman–Crippen LogP) is 13.4. The van der Waals surface area contributed by atoms with Crippen LogP contribution in [-0.4, -0.2) is 9.97 Å². The zero-order chi connectivity index (χ0) is 36.8. The molecule has 0 fully saturated rings. The maximum Gasteiger partial charge on any atom is 0.160 e. The first-order chi connectivity index (χ1) is 27.8. The molecule has 2 aromatic heterocycles. The van der Waals surface area contributed by atoms with Gasteiger partial charge in [-0.3, -0.25) is 0 Å². The highest BCUT2D eigenvalue weighted by Crippen LogP contribution is 2.66. The van der Waals surface area contributed by atoms with Gasteiger partial charge in [-0.15, -0.1) is 0 Å². The van der Waals surface area contributed by atoms with Crippen LogP contribution in [0.25, 0.3) is 89.0 Å². The lowest BCUT2D eigenvalue weighted by molar-refractivity contribution is 0.507. The van der Waals surface area contributed by atoms with Gasteiger partial charge in [-0.1, -0.05) is 176 Å². The van der Waals surface area contributed by atoms with Crippen LogP contribution in [0.3, 0.4) is 0 Å². The molecule has 2 heterocycles. The van der Waals surface area contributed by atoms with Crippen molar-refractivity contribution in [1.82, 2.24) is 9.97 Å². The van der Waals surface area contributed by atoms with E-state index in [0.717, 1.165) is 55.9 Å². The maximum atomic E-state index is 7.09. The minimum Gasteiger partial charge on any atom is -0.459 e. The molecule has 0 radical (unpaired) electrons. The summed E-state index contributed by atoms with van der Waals surface area (Å²) in [5, 5.41) is 3.53. The molecule has 0 bridgehead atoms. The Hall–Kier alpha value is -7.36. The summed E-state index contributed by atoms with van der Waals surface area (Å²) in [6.45, 7) is 0. The Morgan fingerprint density at radius 2 is 1.00 bits per heavy atom. The first-order valence-electron chi connectivity index (χ1n) is 19.2. The third-order valence-corrected chi connectivity index (χ3v) is 11.9. The molecule has 0 aliphatic heterocycles. The van der Waals surface area contributed by atoms with E-state index in [4.69, 9.17) is 14.4 Å². The molecular formula is C53H32N2O. The first-order valence-corrected chi connectivity index (χ1v) is 19.2. The number of para-hydroxylation sites is 1. The van der Waals surface area contributed by atoms with Crippen LogP contribution in [0.2, 0.25) is 0 Å². The molecule has 56 heavy (non-hydrogen) atoms. The van der Waals surface area contributed by atoms with Crippen molar-refractivity contribution in [2.24, 2.45) is 0 Å². The van der Waals surface area contributed by atoms with Crippen LogP contribution >= 0.6 is 0 Å². The number of furan rings is 1. The molecule has 3 heteroatoms. The second-order valence-corrected chi connectivity index (χ2v) is 14.8. The second-order valence-electron chi connectivity index (χ2n) is 14.8. The Morgan fingerprint density at radius 3 is 1.84 bits per heavy atom. The van der Waals surface area contributed by atoms with Gasteiger partial charge in [0.15, 0.2) is 5.82 Å². The minimum absolute atomic E-state index is 0.655. The summed E-state index contributed by atoms with van der Waals surface area (Å²) < 4.78 is 7.09. The number of hydrogen-bond donors (Lipinski definition) is 0. The predicted molar refractivity (Wildman–Crippen MR) is 227 cm³/mol. The fourth-order valence-corrected chi connectivity index (χ4v) is 9.57. The molecule has 0 saturated carbocycles. The van der Waals surface area contributed by atoms with Crippen LogP contribution in [-0.2, 0) is 5.41 Å². The first kappa shape index (κ1) is 31.0. The van der Waals surface area contributed by atoms with Crippen LogP contribution < -0.4 is 0 Å². The van der Waals surface area contributed by atoms with Crippen LogP contribution in [0.15, 0.2) is 199 Å². The average Bonchev–Trinajstić information content (AvgIpc) is 3.90. The molecule has 0 amide bonds. The van der Waals surface area contributed by atoms with Gasteiger partial charge in [-0.05, 0) is 73.5 Å². The van der Waals surface area contributed by atoms with E-state index in [9.17, 15) is 0 Å². The molecule has 2 aliphatic rings. The molecule has 12 rings (SSSR count). The SMILES string of the molecule is c1ccc(-c2nc(-c3ccc4ccccc4c3)cc(-c3ccccc3-c3cccc4c3C3(c5ccccc5-4)c4ccccc4-c4c3oc3ccccc43)n2)cc1. The van der Waals surface area contributed by atoms with Gasteiger partial charge in [-0.25, -0.2) is 9.97 Å². The van der Waals surface area contributed by atoms with E-state index in [1.165, 1.54) is 49.7 Å². The number of hydrogen-bond acceptors (Lipinski definition) is 3. The lowest BCUT2D eigenvalue weighted by atomic mass is 9.70. The quantitative estimate of drug-likeness (QED) is 0.182. The van der Waals surface area contributed by atoms with E-state index in [2.05, 4.69) is 176 Å². The summed E-state index contributed by atoms with van der Waals surface area (Å²) in [5.41, 5.74) is 16.0. The monoisotopic (exact) mass is 712 g/mol. The van der Waals surface area contributed by atoms with Crippen molar-refractivity contribution in [1.29, 1.82) is 0 Å². The Balaban J connectivity index is 1.14. The summed E-state index contributed by atoms with van der Waals surface area (Å²) in [7, 11) is 0. The summed E-state index contributed by atoms with van der Waals surface area (Å²) in [6, 6.07) is 69.3. The van der Waals surface area contributed by atoms with Gasteiger partial charge < -0.3 is 4.42 Å². The van der Waals surface area contributed by atoms with Crippen molar-refractivity contribution in [3.63, 3.8) is 0 Å². The van der Waals surface area contributed by atoms with E-state index < -0.39 is 5.41 Å². The second kappa shape index (κ2) is 11.8. The third kappa shape index (κ3) is 4.28. The molecule has 8 aromatic carbocycles. The number of aromatic nitrogens is 2. The van der Waals surface area contributed by atoms with Crippen molar-refractivity contribution in [2.75, 3.05) is 0 Å². The molecule has 1 unspecified atom stereocenters. The Morgan fingerprint density at radius 1 is 0.393 bits per heavy atom. The highest BCUT2D eigenvalue weighted by atomic mass is 16.3.